The molecule has 10 nitrogen and oxygen atoms in total. The highest BCUT2D eigenvalue weighted by Crippen LogP contribution is 2.27. The summed E-state index contributed by atoms with van der Waals surface area (Å²) in [4.78, 5) is 48.1. The summed E-state index contributed by atoms with van der Waals surface area (Å²) in [6.45, 7) is 8.85. The Kier molecular flexibility index (Phi) is 11.3. The van der Waals surface area contributed by atoms with Gasteiger partial charge in [0.05, 0.1) is 6.04 Å². The second-order valence-corrected chi connectivity index (χ2v) is 13.0. The topological polar surface area (TPSA) is 130 Å². The summed E-state index contributed by atoms with van der Waals surface area (Å²) in [5.74, 6) is -0.228. The van der Waals surface area contributed by atoms with E-state index in [0.717, 1.165) is 54.3 Å². The van der Waals surface area contributed by atoms with Crippen LogP contribution in [0.25, 0.3) is 10.9 Å². The Labute approximate surface area is 277 Å². The lowest BCUT2D eigenvalue weighted by Crippen LogP contribution is -2.53. The van der Waals surface area contributed by atoms with Gasteiger partial charge in [-0.05, 0) is 56.2 Å². The van der Waals surface area contributed by atoms with Crippen LogP contribution >= 0.6 is 0 Å². The number of rotatable bonds is 13. The van der Waals surface area contributed by atoms with Gasteiger partial charge in [-0.2, -0.15) is 0 Å². The van der Waals surface area contributed by atoms with Gasteiger partial charge in [-0.25, -0.2) is 14.6 Å². The van der Waals surface area contributed by atoms with E-state index < -0.39 is 18.1 Å². The zero-order valence-corrected chi connectivity index (χ0v) is 28.0. The molecule has 10 heteroatoms. The molecule has 0 saturated heterocycles. The number of nitrogens with zero attached hydrogens (tertiary/aromatic N) is 2. The van der Waals surface area contributed by atoms with Crippen LogP contribution in [-0.2, 0) is 29.1 Å². The van der Waals surface area contributed by atoms with Gasteiger partial charge in [0.25, 0.3) is 0 Å². The van der Waals surface area contributed by atoms with Gasteiger partial charge in [0.2, 0.25) is 5.91 Å². The van der Waals surface area contributed by atoms with Gasteiger partial charge < -0.3 is 30.2 Å². The van der Waals surface area contributed by atoms with Crippen LogP contribution in [0.1, 0.15) is 98.5 Å². The molecule has 2 aromatic heterocycles. The van der Waals surface area contributed by atoms with Gasteiger partial charge in [0.15, 0.2) is 5.69 Å². The van der Waals surface area contributed by atoms with Gasteiger partial charge in [-0.3, -0.25) is 4.79 Å². The summed E-state index contributed by atoms with van der Waals surface area (Å²) in [6.07, 6.45) is 8.30. The third-order valence-corrected chi connectivity index (χ3v) is 8.86. The molecule has 1 fully saturated rings. The van der Waals surface area contributed by atoms with Crippen molar-refractivity contribution < 1.29 is 19.1 Å². The third-order valence-electron chi connectivity index (χ3n) is 8.86. The third kappa shape index (κ3) is 8.81. The second kappa shape index (κ2) is 15.8. The van der Waals surface area contributed by atoms with E-state index >= 15 is 0 Å². The monoisotopic (exact) mass is 640 g/mol. The number of aryl methyl sites for hydroxylation is 2. The van der Waals surface area contributed by atoms with Gasteiger partial charge >= 0.3 is 12.0 Å². The van der Waals surface area contributed by atoms with Crippen molar-refractivity contribution in [2.75, 3.05) is 0 Å². The number of nitrogens with one attached hydrogen (secondary N) is 4. The van der Waals surface area contributed by atoms with Crippen molar-refractivity contribution in [1.82, 2.24) is 30.5 Å². The second-order valence-electron chi connectivity index (χ2n) is 13.0. The number of carbonyl (C=O) groups is 3. The lowest BCUT2D eigenvalue weighted by atomic mass is 9.96. The minimum Gasteiger partial charge on any atom is -0.456 e. The molecule has 4 aromatic rings. The summed E-state index contributed by atoms with van der Waals surface area (Å²) in [5.41, 5.74) is 3.75. The Morgan fingerprint density at radius 1 is 1.00 bits per heavy atom. The highest BCUT2D eigenvalue weighted by atomic mass is 16.5. The van der Waals surface area contributed by atoms with Crippen molar-refractivity contribution >= 4 is 28.8 Å². The number of hydrogen-bond acceptors (Lipinski definition) is 5. The van der Waals surface area contributed by atoms with E-state index in [1.165, 1.54) is 6.42 Å². The number of ether oxygens (including phenoxy) is 1. The molecular weight excluding hydrogens is 592 g/mol. The van der Waals surface area contributed by atoms with Crippen molar-refractivity contribution in [2.24, 2.45) is 5.92 Å². The molecule has 1 aliphatic carbocycles. The van der Waals surface area contributed by atoms with Crippen LogP contribution in [0.2, 0.25) is 0 Å². The molecule has 0 radical (unpaired) electrons. The average molecular weight is 641 g/mol. The number of H-pyrrole nitrogens is 1. The Morgan fingerprint density at radius 2 is 1.72 bits per heavy atom. The van der Waals surface area contributed by atoms with E-state index in [-0.39, 0.29) is 36.2 Å². The van der Waals surface area contributed by atoms with Gasteiger partial charge in [-0.15, -0.1) is 0 Å². The molecule has 0 unspecified atom stereocenters. The lowest BCUT2D eigenvalue weighted by molar-refractivity contribution is -0.124. The number of para-hydroxylation sites is 1. The molecule has 47 heavy (non-hydrogen) atoms. The van der Waals surface area contributed by atoms with Gasteiger partial charge in [0, 0.05) is 41.8 Å². The van der Waals surface area contributed by atoms with E-state index in [2.05, 4.69) is 55.7 Å². The Hall–Kier alpha value is -4.60. The maximum Gasteiger partial charge on any atom is 0.359 e. The summed E-state index contributed by atoms with van der Waals surface area (Å²) in [6, 6.07) is 16.1. The van der Waals surface area contributed by atoms with Crippen molar-refractivity contribution in [3.05, 3.63) is 89.1 Å². The summed E-state index contributed by atoms with van der Waals surface area (Å²) in [5, 5.41) is 10.3. The Bertz CT molecular complexity index is 1650. The molecule has 5 rings (SSSR count). The molecule has 0 aliphatic heterocycles. The normalized spacial score (nSPS) is 14.9. The summed E-state index contributed by atoms with van der Waals surface area (Å²) < 4.78 is 7.77. The molecule has 0 spiro atoms. The molecular formula is C37H48N6O4. The predicted molar refractivity (Wildman–Crippen MR) is 183 cm³/mol. The fourth-order valence-electron chi connectivity index (χ4n) is 6.43. The van der Waals surface area contributed by atoms with Crippen molar-refractivity contribution in [3.63, 3.8) is 0 Å². The van der Waals surface area contributed by atoms with E-state index in [9.17, 15) is 14.4 Å². The van der Waals surface area contributed by atoms with Crippen LogP contribution in [0.5, 0.6) is 0 Å². The van der Waals surface area contributed by atoms with E-state index in [0.29, 0.717) is 24.4 Å². The lowest BCUT2D eigenvalue weighted by Gasteiger charge is -2.26. The standard InChI is InChI=1S/C37H48N6O4/c1-5-43-22-27(29-18-12-13-19-32(29)43)21-30(34-38-25(4)33(42-34)36(45)47-23-26-14-8-6-9-15-26)40-35(44)31(20-24(2)3)41-37(46)39-28-16-10-7-11-17-28/h6,8-9,12-15,18-19,22,24,28,30-31H,5,7,10-11,16-17,20-21,23H2,1-4H3,(H,38,42)(H,40,44)(H2,39,41,46)/t30-,31+/m1/s1. The molecule has 2 heterocycles. The number of esters is 1. The highest BCUT2D eigenvalue weighted by Gasteiger charge is 2.29. The smallest absolute Gasteiger partial charge is 0.359 e. The minimum absolute atomic E-state index is 0.126. The zero-order valence-electron chi connectivity index (χ0n) is 28.0. The first-order valence-corrected chi connectivity index (χ1v) is 16.9. The number of urea groups is 1. The number of aromatic nitrogens is 3. The Morgan fingerprint density at radius 3 is 2.45 bits per heavy atom. The number of hydrogen-bond donors (Lipinski definition) is 4. The summed E-state index contributed by atoms with van der Waals surface area (Å²) in [7, 11) is 0. The molecule has 2 atom stereocenters. The molecule has 0 bridgehead atoms. The summed E-state index contributed by atoms with van der Waals surface area (Å²) >= 11 is 0. The van der Waals surface area contributed by atoms with Crippen LogP contribution < -0.4 is 16.0 Å². The molecule has 2 aromatic carbocycles. The molecule has 250 valence electrons. The predicted octanol–water partition coefficient (Wildman–Crippen LogP) is 6.50. The van der Waals surface area contributed by atoms with Crippen LogP contribution in [0.3, 0.4) is 0 Å². The van der Waals surface area contributed by atoms with Crippen LogP contribution in [0, 0.1) is 12.8 Å². The quantitative estimate of drug-likeness (QED) is 0.124. The molecule has 4 N–H and O–H groups in total. The van der Waals surface area contributed by atoms with Crippen molar-refractivity contribution in [3.8, 4) is 0 Å². The molecule has 3 amide bonds. The first-order valence-electron chi connectivity index (χ1n) is 16.9. The van der Waals surface area contributed by atoms with E-state index in [4.69, 9.17) is 4.74 Å². The van der Waals surface area contributed by atoms with Crippen molar-refractivity contribution in [2.45, 2.75) is 104 Å². The zero-order chi connectivity index (χ0) is 33.3. The number of aromatic amines is 1. The SMILES string of the molecule is CCn1cc(C[C@@H](NC(=O)[C@H](CC(C)C)NC(=O)NC2CCCCC2)c2nc(C(=O)OCc3ccccc3)c(C)[nH]2)c2ccccc21. The number of imidazole rings is 1. The van der Waals surface area contributed by atoms with Crippen molar-refractivity contribution in [1.29, 1.82) is 0 Å². The maximum atomic E-state index is 14.0. The largest absolute Gasteiger partial charge is 0.456 e. The van der Waals surface area contributed by atoms with E-state index in [1.54, 1.807) is 6.92 Å². The highest BCUT2D eigenvalue weighted by molar-refractivity contribution is 5.89. The molecule has 1 aliphatic rings. The number of benzene rings is 2. The van der Waals surface area contributed by atoms with Gasteiger partial charge in [-0.1, -0.05) is 81.6 Å². The van der Waals surface area contributed by atoms with Gasteiger partial charge in [0.1, 0.15) is 18.5 Å². The number of amides is 3. The number of fused-ring (bicyclic) bond motifs is 1. The maximum absolute atomic E-state index is 14.0. The van der Waals surface area contributed by atoms with Crippen LogP contribution in [0.15, 0.2) is 60.8 Å². The average Bonchev–Trinajstić information content (AvgIpc) is 3.63. The first-order chi connectivity index (χ1) is 22.7. The number of carbonyl (C=O) groups excluding carboxylic acids is 3. The van der Waals surface area contributed by atoms with Crippen LogP contribution in [0.4, 0.5) is 4.79 Å². The minimum atomic E-state index is -0.746. The Balaban J connectivity index is 1.40. The first kappa shape index (κ1) is 33.8. The van der Waals surface area contributed by atoms with Crippen LogP contribution in [-0.4, -0.2) is 44.5 Å². The van der Waals surface area contributed by atoms with E-state index in [1.807, 2.05) is 56.3 Å². The fourth-order valence-corrected chi connectivity index (χ4v) is 6.43. The molecule has 1 saturated carbocycles. The fraction of sp³-hybridized carbons (Fsp3) is 0.459.